The first kappa shape index (κ1) is 36.4. The molecule has 1 aliphatic heterocycles. The highest BCUT2D eigenvalue weighted by Crippen LogP contribution is 2.39. The summed E-state index contributed by atoms with van der Waals surface area (Å²) in [6, 6.07) is 41.0. The number of benzene rings is 4. The lowest BCUT2D eigenvalue weighted by molar-refractivity contribution is -0.341. The molecule has 0 N–H and O–H groups in total. The monoisotopic (exact) mass is 678 g/mol. The van der Waals surface area contributed by atoms with Crippen LogP contribution in [-0.4, -0.2) is 43.4 Å². The molecule has 1 saturated heterocycles. The van der Waals surface area contributed by atoms with Gasteiger partial charge in [-0.05, 0) is 52.8 Å². The van der Waals surface area contributed by atoms with E-state index in [4.69, 9.17) is 28.4 Å². The van der Waals surface area contributed by atoms with Crippen molar-refractivity contribution >= 4 is 0 Å². The van der Waals surface area contributed by atoms with Crippen molar-refractivity contribution in [2.45, 2.75) is 103 Å². The molecule has 6 nitrogen and oxygen atoms in total. The SMILES string of the molecule is CC(C)[C@H]1CC[C@H](C)C[C@@H]1O[C@@H]1OC(COCc2ccccc2)[C@@H](OCc2ccccc2)C(OCc2ccccc2)C1OCc1ccccc1. The van der Waals surface area contributed by atoms with E-state index in [1.54, 1.807) is 0 Å². The summed E-state index contributed by atoms with van der Waals surface area (Å²) in [6.07, 6.45) is 0.756. The van der Waals surface area contributed by atoms with Crippen LogP contribution in [-0.2, 0) is 54.8 Å². The predicted molar refractivity (Wildman–Crippen MR) is 196 cm³/mol. The standard InChI is InChI=1S/C44H54O6/c1-32(2)38-25-24-33(3)26-39(38)49-44-43(48-30-37-22-14-7-15-23-37)42(47-29-36-20-12-6-13-21-36)41(46-28-35-18-10-5-11-19-35)40(50-44)31-45-27-34-16-8-4-9-17-34/h4-23,32-33,38-44H,24-31H2,1-3H3/t33-,38+,39-,40?,41+,42?,43?,44+/m0/s1. The van der Waals surface area contributed by atoms with Gasteiger partial charge in [0.1, 0.15) is 24.4 Å². The molecule has 8 atom stereocenters. The van der Waals surface area contributed by atoms with Crippen molar-refractivity contribution in [3.05, 3.63) is 144 Å². The molecule has 266 valence electrons. The lowest BCUT2D eigenvalue weighted by Gasteiger charge is -2.48. The molecule has 6 rings (SSSR count). The Balaban J connectivity index is 1.33. The van der Waals surface area contributed by atoms with Gasteiger partial charge in [0.2, 0.25) is 0 Å². The van der Waals surface area contributed by atoms with Crippen molar-refractivity contribution in [1.29, 1.82) is 0 Å². The van der Waals surface area contributed by atoms with Crippen molar-refractivity contribution in [3.8, 4) is 0 Å². The van der Waals surface area contributed by atoms with Crippen LogP contribution in [0.2, 0.25) is 0 Å². The van der Waals surface area contributed by atoms with E-state index in [0.717, 1.165) is 35.1 Å². The molecule has 0 radical (unpaired) electrons. The first-order chi connectivity index (χ1) is 24.5. The average Bonchev–Trinajstić information content (AvgIpc) is 3.14. The van der Waals surface area contributed by atoms with Crippen LogP contribution in [0.4, 0.5) is 0 Å². The quantitative estimate of drug-likeness (QED) is 0.118. The van der Waals surface area contributed by atoms with Crippen molar-refractivity contribution in [2.24, 2.45) is 17.8 Å². The van der Waals surface area contributed by atoms with Gasteiger partial charge in [0.15, 0.2) is 6.29 Å². The third kappa shape index (κ3) is 10.3. The van der Waals surface area contributed by atoms with E-state index >= 15 is 0 Å². The van der Waals surface area contributed by atoms with Gasteiger partial charge in [-0.1, -0.05) is 149 Å². The summed E-state index contributed by atoms with van der Waals surface area (Å²) in [4.78, 5) is 0. The van der Waals surface area contributed by atoms with Gasteiger partial charge in [-0.3, -0.25) is 0 Å². The fourth-order valence-corrected chi connectivity index (χ4v) is 7.30. The zero-order chi connectivity index (χ0) is 34.5. The predicted octanol–water partition coefficient (Wildman–Crippen LogP) is 9.16. The summed E-state index contributed by atoms with van der Waals surface area (Å²) in [5.41, 5.74) is 4.34. The molecule has 1 aliphatic carbocycles. The van der Waals surface area contributed by atoms with Gasteiger partial charge >= 0.3 is 0 Å². The third-order valence-corrected chi connectivity index (χ3v) is 10.1. The summed E-state index contributed by atoms with van der Waals surface area (Å²) in [7, 11) is 0. The van der Waals surface area contributed by atoms with E-state index < -0.39 is 30.7 Å². The molecule has 0 aromatic heterocycles. The first-order valence-electron chi connectivity index (χ1n) is 18.4. The van der Waals surface area contributed by atoms with Gasteiger partial charge in [-0.2, -0.15) is 0 Å². The van der Waals surface area contributed by atoms with E-state index in [0.29, 0.717) is 50.8 Å². The molecule has 2 fully saturated rings. The Morgan fingerprint density at radius 3 is 1.54 bits per heavy atom. The van der Waals surface area contributed by atoms with Gasteiger partial charge in [0, 0.05) is 0 Å². The normalized spacial score (nSPS) is 27.0. The van der Waals surface area contributed by atoms with Gasteiger partial charge in [0.05, 0.1) is 39.1 Å². The Bertz CT molecular complexity index is 1500. The minimum Gasteiger partial charge on any atom is -0.374 e. The van der Waals surface area contributed by atoms with Crippen LogP contribution >= 0.6 is 0 Å². The summed E-state index contributed by atoms with van der Waals surface area (Å²) in [5.74, 6) is 1.52. The molecule has 3 unspecified atom stereocenters. The molecule has 1 saturated carbocycles. The smallest absolute Gasteiger partial charge is 0.187 e. The van der Waals surface area contributed by atoms with Crippen LogP contribution in [0, 0.1) is 17.8 Å². The van der Waals surface area contributed by atoms with E-state index in [1.165, 1.54) is 6.42 Å². The molecule has 0 spiro atoms. The summed E-state index contributed by atoms with van der Waals surface area (Å²) < 4.78 is 41.1. The maximum absolute atomic E-state index is 7.13. The van der Waals surface area contributed by atoms with Crippen LogP contribution in [0.5, 0.6) is 0 Å². The van der Waals surface area contributed by atoms with E-state index in [-0.39, 0.29) is 6.10 Å². The minimum atomic E-state index is -0.669. The maximum Gasteiger partial charge on any atom is 0.187 e. The average molecular weight is 679 g/mol. The number of ether oxygens (including phenoxy) is 6. The molecule has 0 bridgehead atoms. The Morgan fingerprint density at radius 1 is 0.580 bits per heavy atom. The number of hydrogen-bond acceptors (Lipinski definition) is 6. The third-order valence-electron chi connectivity index (χ3n) is 10.1. The fourth-order valence-electron chi connectivity index (χ4n) is 7.30. The molecular weight excluding hydrogens is 624 g/mol. The zero-order valence-electron chi connectivity index (χ0n) is 29.8. The largest absolute Gasteiger partial charge is 0.374 e. The molecule has 4 aromatic rings. The van der Waals surface area contributed by atoms with Crippen molar-refractivity contribution in [3.63, 3.8) is 0 Å². The zero-order valence-corrected chi connectivity index (χ0v) is 29.8. The maximum atomic E-state index is 7.13. The minimum absolute atomic E-state index is 0.0500. The fraction of sp³-hybridized carbons (Fsp3) is 0.455. The highest BCUT2D eigenvalue weighted by molar-refractivity contribution is 5.16. The van der Waals surface area contributed by atoms with E-state index in [9.17, 15) is 0 Å². The Kier molecular flexibility index (Phi) is 13.7. The molecule has 50 heavy (non-hydrogen) atoms. The molecule has 0 amide bonds. The van der Waals surface area contributed by atoms with Gasteiger partial charge in [-0.25, -0.2) is 0 Å². The summed E-state index contributed by atoms with van der Waals surface area (Å²) in [6.45, 7) is 8.94. The first-order valence-corrected chi connectivity index (χ1v) is 18.4. The Morgan fingerprint density at radius 2 is 1.04 bits per heavy atom. The highest BCUT2D eigenvalue weighted by atomic mass is 16.7. The topological polar surface area (TPSA) is 55.4 Å². The second kappa shape index (κ2) is 18.8. The van der Waals surface area contributed by atoms with Gasteiger partial charge < -0.3 is 28.4 Å². The van der Waals surface area contributed by atoms with E-state index in [2.05, 4.69) is 69.3 Å². The van der Waals surface area contributed by atoms with Crippen molar-refractivity contribution < 1.29 is 28.4 Å². The van der Waals surface area contributed by atoms with Crippen molar-refractivity contribution in [1.82, 2.24) is 0 Å². The van der Waals surface area contributed by atoms with E-state index in [1.807, 2.05) is 72.8 Å². The lowest BCUT2D eigenvalue weighted by atomic mass is 9.75. The van der Waals surface area contributed by atoms with Crippen LogP contribution < -0.4 is 0 Å². The molecular formula is C44H54O6. The number of hydrogen-bond donors (Lipinski definition) is 0. The Labute approximate surface area is 299 Å². The molecule has 2 aliphatic rings. The van der Waals surface area contributed by atoms with Crippen LogP contribution in [0.15, 0.2) is 121 Å². The van der Waals surface area contributed by atoms with Gasteiger partial charge in [-0.15, -0.1) is 0 Å². The van der Waals surface area contributed by atoms with Gasteiger partial charge in [0.25, 0.3) is 0 Å². The summed E-state index contributed by atoms with van der Waals surface area (Å²) >= 11 is 0. The summed E-state index contributed by atoms with van der Waals surface area (Å²) in [5, 5.41) is 0. The highest BCUT2D eigenvalue weighted by Gasteiger charge is 2.50. The van der Waals surface area contributed by atoms with Crippen LogP contribution in [0.1, 0.15) is 62.3 Å². The van der Waals surface area contributed by atoms with Crippen LogP contribution in [0.25, 0.3) is 0 Å². The Hall–Kier alpha value is -3.36. The lowest BCUT2D eigenvalue weighted by Crippen LogP contribution is -2.62. The molecule has 6 heteroatoms. The molecule has 1 heterocycles. The second-order valence-electron chi connectivity index (χ2n) is 14.3. The second-order valence-corrected chi connectivity index (χ2v) is 14.3. The molecule has 4 aromatic carbocycles. The van der Waals surface area contributed by atoms with Crippen LogP contribution in [0.3, 0.4) is 0 Å². The van der Waals surface area contributed by atoms with Crippen molar-refractivity contribution in [2.75, 3.05) is 6.61 Å². The number of rotatable bonds is 16.